The number of aliphatic hydroxyl groups is 1. The maximum atomic E-state index is 13.0. The molecule has 1 fully saturated rings. The molecule has 1 aliphatic heterocycles. The predicted molar refractivity (Wildman–Crippen MR) is 105 cm³/mol. The molecule has 0 aromatic carbocycles. The SMILES string of the molecule is CC#CCn1c(N2CCCCC2)nc2nc(SCC(C)O)n(C)c(=O)c21. The van der Waals surface area contributed by atoms with Crippen molar-refractivity contribution in [3.63, 3.8) is 0 Å². The van der Waals surface area contributed by atoms with Gasteiger partial charge in [0.1, 0.15) is 0 Å². The van der Waals surface area contributed by atoms with E-state index in [-0.39, 0.29) is 5.56 Å². The highest BCUT2D eigenvalue weighted by Crippen LogP contribution is 2.24. The molecule has 26 heavy (non-hydrogen) atoms. The quantitative estimate of drug-likeness (QED) is 0.486. The van der Waals surface area contributed by atoms with Crippen LogP contribution in [0.5, 0.6) is 0 Å². The summed E-state index contributed by atoms with van der Waals surface area (Å²) in [6.45, 7) is 5.81. The summed E-state index contributed by atoms with van der Waals surface area (Å²) in [5, 5.41) is 10.1. The van der Waals surface area contributed by atoms with Crippen LogP contribution in [-0.4, -0.2) is 49.2 Å². The third kappa shape index (κ3) is 3.74. The van der Waals surface area contributed by atoms with Gasteiger partial charge in [0.2, 0.25) is 5.95 Å². The first kappa shape index (κ1) is 18.8. The Bertz CT molecular complexity index is 900. The van der Waals surface area contributed by atoms with E-state index in [4.69, 9.17) is 4.98 Å². The van der Waals surface area contributed by atoms with Crippen molar-refractivity contribution in [3.8, 4) is 11.8 Å². The summed E-state index contributed by atoms with van der Waals surface area (Å²) in [6, 6.07) is 0. The first-order valence-electron chi connectivity index (χ1n) is 8.95. The Kier molecular flexibility index (Phi) is 5.89. The van der Waals surface area contributed by atoms with Crippen LogP contribution in [0, 0.1) is 11.8 Å². The van der Waals surface area contributed by atoms with Crippen LogP contribution in [0.25, 0.3) is 11.2 Å². The molecule has 8 heteroatoms. The molecule has 2 aromatic rings. The molecule has 0 saturated carbocycles. The summed E-state index contributed by atoms with van der Waals surface area (Å²) in [7, 11) is 1.71. The van der Waals surface area contributed by atoms with Gasteiger partial charge in [-0.25, -0.2) is 4.98 Å². The standard InChI is InChI=1S/C18H25N5O2S/c1-4-5-11-23-14-15(19-17(23)22-9-7-6-8-10-22)20-18(21(3)16(14)25)26-12-13(2)24/h13,24H,6-12H2,1-3H3. The molecular formula is C18H25N5O2S. The van der Waals surface area contributed by atoms with Crippen molar-refractivity contribution < 1.29 is 5.11 Å². The van der Waals surface area contributed by atoms with Crippen molar-refractivity contribution in [3.05, 3.63) is 10.4 Å². The molecule has 3 rings (SSSR count). The monoisotopic (exact) mass is 375 g/mol. The lowest BCUT2D eigenvalue weighted by Gasteiger charge is -2.27. The van der Waals surface area contributed by atoms with E-state index in [0.717, 1.165) is 31.9 Å². The van der Waals surface area contributed by atoms with E-state index in [2.05, 4.69) is 21.7 Å². The van der Waals surface area contributed by atoms with E-state index < -0.39 is 6.10 Å². The highest BCUT2D eigenvalue weighted by Gasteiger charge is 2.23. The average Bonchev–Trinajstić information content (AvgIpc) is 3.00. The molecule has 140 valence electrons. The van der Waals surface area contributed by atoms with Gasteiger partial charge in [0.25, 0.3) is 5.56 Å². The minimum Gasteiger partial charge on any atom is -0.393 e. The zero-order valence-electron chi connectivity index (χ0n) is 15.5. The Morgan fingerprint density at radius 3 is 2.65 bits per heavy atom. The number of hydrogen-bond donors (Lipinski definition) is 1. The van der Waals surface area contributed by atoms with Crippen LogP contribution in [0.3, 0.4) is 0 Å². The van der Waals surface area contributed by atoms with E-state index in [1.807, 2.05) is 4.57 Å². The number of hydrogen-bond acceptors (Lipinski definition) is 6. The summed E-state index contributed by atoms with van der Waals surface area (Å²) in [5.41, 5.74) is 0.827. The highest BCUT2D eigenvalue weighted by atomic mass is 32.2. The van der Waals surface area contributed by atoms with E-state index in [1.54, 1.807) is 20.9 Å². The molecule has 1 atom stereocenters. The van der Waals surface area contributed by atoms with Crippen molar-refractivity contribution >= 4 is 28.9 Å². The van der Waals surface area contributed by atoms with Crippen LogP contribution in [0.4, 0.5) is 5.95 Å². The smallest absolute Gasteiger partial charge is 0.280 e. The van der Waals surface area contributed by atoms with Crippen molar-refractivity contribution in [2.75, 3.05) is 23.7 Å². The molecule has 0 aliphatic carbocycles. The maximum absolute atomic E-state index is 13.0. The van der Waals surface area contributed by atoms with E-state index in [9.17, 15) is 9.90 Å². The summed E-state index contributed by atoms with van der Waals surface area (Å²) < 4.78 is 3.43. The molecule has 1 N–H and O–H groups in total. The van der Waals surface area contributed by atoms with Gasteiger partial charge in [-0.1, -0.05) is 17.7 Å². The van der Waals surface area contributed by atoms with Gasteiger partial charge < -0.3 is 10.0 Å². The fourth-order valence-electron chi connectivity index (χ4n) is 3.10. The Balaban J connectivity index is 2.12. The lowest BCUT2D eigenvalue weighted by molar-refractivity contribution is 0.220. The van der Waals surface area contributed by atoms with Gasteiger partial charge in [-0.3, -0.25) is 13.9 Å². The van der Waals surface area contributed by atoms with Crippen LogP contribution in [0.2, 0.25) is 0 Å². The van der Waals surface area contributed by atoms with Crippen LogP contribution in [-0.2, 0) is 13.6 Å². The summed E-state index contributed by atoms with van der Waals surface area (Å²) >= 11 is 1.36. The zero-order valence-corrected chi connectivity index (χ0v) is 16.3. The zero-order chi connectivity index (χ0) is 18.7. The van der Waals surface area contributed by atoms with Crippen molar-refractivity contribution in [1.82, 2.24) is 19.1 Å². The minimum atomic E-state index is -0.464. The fraction of sp³-hybridized carbons (Fsp3) is 0.611. The second-order valence-electron chi connectivity index (χ2n) is 6.56. The van der Waals surface area contributed by atoms with Gasteiger partial charge >= 0.3 is 0 Å². The Morgan fingerprint density at radius 1 is 1.27 bits per heavy atom. The number of rotatable bonds is 5. The van der Waals surface area contributed by atoms with Gasteiger partial charge in [0.05, 0.1) is 12.6 Å². The molecule has 0 amide bonds. The first-order valence-corrected chi connectivity index (χ1v) is 9.94. The second kappa shape index (κ2) is 8.14. The van der Waals surface area contributed by atoms with Gasteiger partial charge in [-0.05, 0) is 33.1 Å². The topological polar surface area (TPSA) is 76.2 Å². The van der Waals surface area contributed by atoms with Crippen LogP contribution < -0.4 is 10.5 Å². The van der Waals surface area contributed by atoms with E-state index >= 15 is 0 Å². The molecule has 3 heterocycles. The number of aromatic nitrogens is 4. The Morgan fingerprint density at radius 2 is 2.00 bits per heavy atom. The number of imidazole rings is 1. The third-order valence-electron chi connectivity index (χ3n) is 4.43. The number of fused-ring (bicyclic) bond motifs is 1. The summed E-state index contributed by atoms with van der Waals surface area (Å²) in [4.78, 5) is 24.5. The second-order valence-corrected chi connectivity index (χ2v) is 7.55. The van der Waals surface area contributed by atoms with Gasteiger partial charge in [-0.2, -0.15) is 4.98 Å². The van der Waals surface area contributed by atoms with E-state index in [0.29, 0.717) is 28.6 Å². The van der Waals surface area contributed by atoms with Gasteiger partial charge in [0, 0.05) is 25.9 Å². The molecule has 1 aliphatic rings. The number of anilines is 1. The molecule has 7 nitrogen and oxygen atoms in total. The first-order chi connectivity index (χ1) is 12.5. The average molecular weight is 375 g/mol. The molecule has 0 radical (unpaired) electrons. The number of piperidine rings is 1. The molecule has 1 saturated heterocycles. The van der Waals surface area contributed by atoms with Crippen LogP contribution in [0.15, 0.2) is 9.95 Å². The van der Waals surface area contributed by atoms with E-state index in [1.165, 1.54) is 22.7 Å². The summed E-state index contributed by atoms with van der Waals surface area (Å²) in [5.74, 6) is 7.22. The molecule has 1 unspecified atom stereocenters. The lowest BCUT2D eigenvalue weighted by Crippen LogP contribution is -2.32. The third-order valence-corrected chi connectivity index (χ3v) is 5.70. The Labute approximate surface area is 157 Å². The molecular weight excluding hydrogens is 350 g/mol. The number of thioether (sulfide) groups is 1. The van der Waals surface area contributed by atoms with Crippen molar-refractivity contribution in [2.45, 2.75) is 50.9 Å². The number of nitrogens with zero attached hydrogens (tertiary/aromatic N) is 5. The maximum Gasteiger partial charge on any atom is 0.280 e. The molecule has 2 aromatic heterocycles. The highest BCUT2D eigenvalue weighted by molar-refractivity contribution is 7.99. The fourth-order valence-corrected chi connectivity index (χ4v) is 3.91. The number of aliphatic hydroxyl groups excluding tert-OH is 1. The van der Waals surface area contributed by atoms with Gasteiger partial charge in [-0.15, -0.1) is 5.92 Å². The Hall–Kier alpha value is -1.98. The van der Waals surface area contributed by atoms with Crippen LogP contribution >= 0.6 is 11.8 Å². The summed E-state index contributed by atoms with van der Waals surface area (Å²) in [6.07, 6.45) is 3.02. The molecule has 0 spiro atoms. The molecule has 0 bridgehead atoms. The predicted octanol–water partition coefficient (Wildman–Crippen LogP) is 1.62. The van der Waals surface area contributed by atoms with Crippen molar-refractivity contribution in [2.24, 2.45) is 7.05 Å². The minimum absolute atomic E-state index is 0.128. The van der Waals surface area contributed by atoms with Crippen LogP contribution in [0.1, 0.15) is 33.1 Å². The normalized spacial score (nSPS) is 15.8. The lowest BCUT2D eigenvalue weighted by atomic mass is 10.1. The van der Waals surface area contributed by atoms with Gasteiger partial charge in [0.15, 0.2) is 16.3 Å². The van der Waals surface area contributed by atoms with Crippen molar-refractivity contribution in [1.29, 1.82) is 0 Å². The largest absolute Gasteiger partial charge is 0.393 e.